The van der Waals surface area contributed by atoms with Crippen molar-refractivity contribution in [3.8, 4) is 0 Å². The first-order valence-corrected chi connectivity index (χ1v) is 3.80. The average molecular weight is 119 g/mol. The molecular weight excluding hydrogens is 110 g/mol. The van der Waals surface area contributed by atoms with E-state index < -0.39 is 0 Å². The SMILES string of the molecule is O=[N+]([O-])CCC[SiH3]. The molecule has 0 heterocycles. The molecule has 0 rings (SSSR count). The van der Waals surface area contributed by atoms with Crippen molar-refractivity contribution < 1.29 is 4.92 Å². The average Bonchev–Trinajstić information content (AvgIpc) is 1.61. The normalized spacial score (nSPS) is 9.14. The second-order valence-corrected chi connectivity index (χ2v) is 2.41. The molecule has 0 aliphatic rings. The Kier molecular flexibility index (Phi) is 3.59. The highest BCUT2D eigenvalue weighted by atomic mass is 28.1. The van der Waals surface area contributed by atoms with Crippen LogP contribution < -0.4 is 0 Å². The highest BCUT2D eigenvalue weighted by Gasteiger charge is 1.90. The van der Waals surface area contributed by atoms with Gasteiger partial charge < -0.3 is 0 Å². The van der Waals surface area contributed by atoms with E-state index in [1.54, 1.807) is 0 Å². The molecule has 0 aromatic carbocycles. The number of hydrogen-bond donors (Lipinski definition) is 0. The van der Waals surface area contributed by atoms with Crippen molar-refractivity contribution in [1.29, 1.82) is 0 Å². The van der Waals surface area contributed by atoms with Crippen molar-refractivity contribution in [3.63, 3.8) is 0 Å². The van der Waals surface area contributed by atoms with E-state index in [0.717, 1.165) is 22.7 Å². The van der Waals surface area contributed by atoms with Gasteiger partial charge in [-0.2, -0.15) is 0 Å². The van der Waals surface area contributed by atoms with Crippen LogP contribution in [0.25, 0.3) is 0 Å². The van der Waals surface area contributed by atoms with E-state index >= 15 is 0 Å². The molecule has 0 unspecified atom stereocenters. The van der Waals surface area contributed by atoms with E-state index in [9.17, 15) is 10.1 Å². The van der Waals surface area contributed by atoms with Crippen LogP contribution in [0, 0.1) is 10.1 Å². The van der Waals surface area contributed by atoms with E-state index in [4.69, 9.17) is 0 Å². The Morgan fingerprint density at radius 2 is 2.29 bits per heavy atom. The summed E-state index contributed by atoms with van der Waals surface area (Å²) in [6, 6.07) is 1.04. The second-order valence-electron chi connectivity index (χ2n) is 1.41. The lowest BCUT2D eigenvalue weighted by Crippen LogP contribution is -1.98. The third kappa shape index (κ3) is 5.62. The zero-order valence-electron chi connectivity index (χ0n) is 4.39. The topological polar surface area (TPSA) is 43.1 Å². The van der Waals surface area contributed by atoms with E-state index in [1.165, 1.54) is 0 Å². The highest BCUT2D eigenvalue weighted by molar-refractivity contribution is 6.08. The molecule has 0 radical (unpaired) electrons. The van der Waals surface area contributed by atoms with E-state index in [-0.39, 0.29) is 11.5 Å². The molecule has 7 heavy (non-hydrogen) atoms. The summed E-state index contributed by atoms with van der Waals surface area (Å²) in [5, 5.41) is 9.58. The lowest BCUT2D eigenvalue weighted by Gasteiger charge is -1.84. The molecule has 0 amide bonds. The van der Waals surface area contributed by atoms with Crippen LogP contribution >= 0.6 is 0 Å². The van der Waals surface area contributed by atoms with E-state index in [2.05, 4.69) is 0 Å². The second kappa shape index (κ2) is 3.79. The van der Waals surface area contributed by atoms with Crippen molar-refractivity contribution in [2.75, 3.05) is 6.54 Å². The van der Waals surface area contributed by atoms with E-state index in [0.29, 0.717) is 0 Å². The Balaban J connectivity index is 2.82. The predicted octanol–water partition coefficient (Wildman–Crippen LogP) is -0.563. The first kappa shape index (κ1) is 6.62. The van der Waals surface area contributed by atoms with Gasteiger partial charge in [-0.05, 0) is 0 Å². The summed E-state index contributed by atoms with van der Waals surface area (Å²) >= 11 is 0. The summed E-state index contributed by atoms with van der Waals surface area (Å²) in [4.78, 5) is 9.31. The molecule has 0 saturated carbocycles. The summed E-state index contributed by atoms with van der Waals surface area (Å²) in [5.41, 5.74) is 0. The standard InChI is InChI=1S/C3H9NO2Si/c5-4(6)2-1-3-7/h1-3H2,7H3. The fourth-order valence-electron chi connectivity index (χ4n) is 0.287. The number of nitro groups is 1. The number of hydrogen-bond acceptors (Lipinski definition) is 2. The van der Waals surface area contributed by atoms with Gasteiger partial charge in [-0.1, -0.05) is 6.04 Å². The summed E-state index contributed by atoms with van der Waals surface area (Å²) in [5.74, 6) is 0. The first-order chi connectivity index (χ1) is 3.27. The third-order valence-corrected chi connectivity index (χ3v) is 1.40. The number of rotatable bonds is 3. The lowest BCUT2D eigenvalue weighted by molar-refractivity contribution is -0.479. The van der Waals surface area contributed by atoms with Gasteiger partial charge in [-0.3, -0.25) is 10.1 Å². The minimum Gasteiger partial charge on any atom is -0.265 e. The molecule has 0 aromatic heterocycles. The van der Waals surface area contributed by atoms with Gasteiger partial charge in [0.25, 0.3) is 0 Å². The summed E-state index contributed by atoms with van der Waals surface area (Å²) in [6.07, 6.45) is 0.763. The maximum absolute atomic E-state index is 9.58. The zero-order valence-corrected chi connectivity index (χ0v) is 6.39. The minimum absolute atomic E-state index is 0.156. The van der Waals surface area contributed by atoms with Crippen molar-refractivity contribution in [1.82, 2.24) is 0 Å². The Labute approximate surface area is 45.3 Å². The van der Waals surface area contributed by atoms with Crippen LogP contribution in [0.1, 0.15) is 6.42 Å². The van der Waals surface area contributed by atoms with Gasteiger partial charge in [0, 0.05) is 21.6 Å². The minimum atomic E-state index is -0.266. The molecule has 0 aliphatic carbocycles. The van der Waals surface area contributed by atoms with Crippen LogP contribution in [0.2, 0.25) is 6.04 Å². The van der Waals surface area contributed by atoms with Gasteiger partial charge in [-0.25, -0.2) is 0 Å². The summed E-state index contributed by atoms with van der Waals surface area (Å²) in [7, 11) is 1.09. The maximum atomic E-state index is 9.58. The van der Waals surface area contributed by atoms with Gasteiger partial charge in [0.2, 0.25) is 6.54 Å². The van der Waals surface area contributed by atoms with Crippen LogP contribution in [0.15, 0.2) is 0 Å². The molecule has 0 bridgehead atoms. The molecule has 0 aromatic rings. The molecule has 0 fully saturated rings. The van der Waals surface area contributed by atoms with Gasteiger partial charge in [0.05, 0.1) is 0 Å². The first-order valence-electron chi connectivity index (χ1n) is 2.39. The van der Waals surface area contributed by atoms with Gasteiger partial charge in [0.15, 0.2) is 0 Å². The van der Waals surface area contributed by atoms with Gasteiger partial charge in [0.1, 0.15) is 0 Å². The highest BCUT2D eigenvalue weighted by Crippen LogP contribution is 1.82. The van der Waals surface area contributed by atoms with Crippen LogP contribution in [-0.4, -0.2) is 21.7 Å². The molecule has 0 aliphatic heterocycles. The number of nitrogens with zero attached hydrogens (tertiary/aromatic N) is 1. The quantitative estimate of drug-likeness (QED) is 0.284. The molecule has 0 saturated heterocycles. The van der Waals surface area contributed by atoms with Crippen LogP contribution in [-0.2, 0) is 0 Å². The zero-order chi connectivity index (χ0) is 5.70. The van der Waals surface area contributed by atoms with Crippen molar-refractivity contribution in [3.05, 3.63) is 10.1 Å². The molecule has 3 nitrogen and oxygen atoms in total. The van der Waals surface area contributed by atoms with Crippen molar-refractivity contribution in [2.24, 2.45) is 0 Å². The Hall–Kier alpha value is -0.383. The molecule has 0 atom stereocenters. The smallest absolute Gasteiger partial charge is 0.203 e. The Morgan fingerprint density at radius 1 is 1.71 bits per heavy atom. The van der Waals surface area contributed by atoms with Gasteiger partial charge >= 0.3 is 0 Å². The van der Waals surface area contributed by atoms with Crippen molar-refractivity contribution in [2.45, 2.75) is 12.5 Å². The monoisotopic (exact) mass is 119 g/mol. The predicted molar refractivity (Wildman–Crippen MR) is 31.2 cm³/mol. The summed E-state index contributed by atoms with van der Waals surface area (Å²) in [6.45, 7) is 0.156. The molecule has 0 N–H and O–H groups in total. The molecule has 4 heteroatoms. The fraction of sp³-hybridized carbons (Fsp3) is 1.00. The van der Waals surface area contributed by atoms with Crippen LogP contribution in [0.3, 0.4) is 0 Å². The fourth-order valence-corrected chi connectivity index (χ4v) is 0.603. The third-order valence-electron chi connectivity index (χ3n) is 0.694. The lowest BCUT2D eigenvalue weighted by atomic mass is 10.5. The van der Waals surface area contributed by atoms with Gasteiger partial charge in [-0.15, -0.1) is 0 Å². The Morgan fingerprint density at radius 3 is 2.43 bits per heavy atom. The molecule has 0 spiro atoms. The molecule has 42 valence electrons. The van der Waals surface area contributed by atoms with Crippen LogP contribution in [0.5, 0.6) is 0 Å². The van der Waals surface area contributed by atoms with Crippen LogP contribution in [0.4, 0.5) is 0 Å². The molecular formula is C3H9NO2Si. The Bertz CT molecular complexity index is 66.0. The largest absolute Gasteiger partial charge is 0.265 e. The van der Waals surface area contributed by atoms with Crippen molar-refractivity contribution >= 4 is 10.2 Å². The van der Waals surface area contributed by atoms with E-state index in [1.807, 2.05) is 0 Å². The summed E-state index contributed by atoms with van der Waals surface area (Å²) < 4.78 is 0. The maximum Gasteiger partial charge on any atom is 0.203 e.